The van der Waals surface area contributed by atoms with Crippen LogP contribution in [0.2, 0.25) is 0 Å². The van der Waals surface area contributed by atoms with Crippen LogP contribution in [-0.4, -0.2) is 11.1 Å². The molecule has 0 aromatic heterocycles. The molecule has 1 unspecified atom stereocenters. The van der Waals surface area contributed by atoms with E-state index in [1.54, 1.807) is 0 Å². The van der Waals surface area contributed by atoms with Crippen molar-refractivity contribution in [3.63, 3.8) is 0 Å². The van der Waals surface area contributed by atoms with Crippen molar-refractivity contribution in [3.8, 4) is 0 Å². The van der Waals surface area contributed by atoms with Gasteiger partial charge in [-0.05, 0) is 18.8 Å². The summed E-state index contributed by atoms with van der Waals surface area (Å²) in [5, 5.41) is 9.48. The fraction of sp³-hybridized carbons (Fsp3) is 0.957. The highest BCUT2D eigenvalue weighted by atomic mass is 16.4. The second-order valence-electron chi connectivity index (χ2n) is 8.45. The van der Waals surface area contributed by atoms with Crippen LogP contribution >= 0.6 is 0 Å². The number of unbranched alkanes of at least 4 members (excludes halogenated alkanes) is 11. The summed E-state index contributed by atoms with van der Waals surface area (Å²) in [5.74, 6) is 0.0621. The lowest BCUT2D eigenvalue weighted by molar-refractivity contribution is -0.142. The SMILES string of the molecule is CCCCCCCCCCCCCCC(CC1CCCCC1)C(=O)O. The monoisotopic (exact) mass is 352 g/mol. The molecule has 0 amide bonds. The first kappa shape index (κ1) is 22.5. The highest BCUT2D eigenvalue weighted by Gasteiger charge is 2.23. The van der Waals surface area contributed by atoms with Crippen molar-refractivity contribution in [2.24, 2.45) is 11.8 Å². The van der Waals surface area contributed by atoms with Crippen LogP contribution < -0.4 is 0 Å². The first-order valence-electron chi connectivity index (χ1n) is 11.5. The molecule has 148 valence electrons. The highest BCUT2D eigenvalue weighted by Crippen LogP contribution is 2.31. The van der Waals surface area contributed by atoms with Crippen molar-refractivity contribution in [1.82, 2.24) is 0 Å². The van der Waals surface area contributed by atoms with Crippen molar-refractivity contribution in [2.75, 3.05) is 0 Å². The van der Waals surface area contributed by atoms with E-state index >= 15 is 0 Å². The average Bonchev–Trinajstić information content (AvgIpc) is 2.62. The lowest BCUT2D eigenvalue weighted by Gasteiger charge is -2.24. The normalized spacial score (nSPS) is 16.8. The topological polar surface area (TPSA) is 37.3 Å². The van der Waals surface area contributed by atoms with Gasteiger partial charge in [0.05, 0.1) is 5.92 Å². The number of aliphatic carboxylic acids is 1. The highest BCUT2D eigenvalue weighted by molar-refractivity contribution is 5.69. The Labute approximate surface area is 157 Å². The molecule has 1 saturated carbocycles. The standard InChI is InChI=1S/C23H44O2/c1-2-3-4-5-6-7-8-9-10-11-12-16-19-22(23(24)25)20-21-17-14-13-15-18-21/h21-22H,2-20H2,1H3,(H,24,25). The van der Waals surface area contributed by atoms with E-state index < -0.39 is 5.97 Å². The molecule has 0 bridgehead atoms. The van der Waals surface area contributed by atoms with E-state index in [0.29, 0.717) is 5.92 Å². The number of carbonyl (C=O) groups is 1. The third kappa shape index (κ3) is 12.5. The van der Waals surface area contributed by atoms with E-state index in [2.05, 4.69) is 6.92 Å². The second kappa shape index (κ2) is 15.7. The van der Waals surface area contributed by atoms with Crippen LogP contribution in [0.3, 0.4) is 0 Å². The van der Waals surface area contributed by atoms with Crippen LogP contribution in [0.1, 0.15) is 129 Å². The van der Waals surface area contributed by atoms with Gasteiger partial charge in [-0.25, -0.2) is 0 Å². The number of carboxylic acid groups (broad SMARTS) is 1. The maximum absolute atomic E-state index is 11.5. The van der Waals surface area contributed by atoms with Crippen LogP contribution in [0.4, 0.5) is 0 Å². The average molecular weight is 353 g/mol. The Morgan fingerprint density at radius 3 is 1.76 bits per heavy atom. The third-order valence-corrected chi connectivity index (χ3v) is 6.10. The van der Waals surface area contributed by atoms with E-state index in [-0.39, 0.29) is 5.92 Å². The third-order valence-electron chi connectivity index (χ3n) is 6.10. The zero-order valence-corrected chi connectivity index (χ0v) is 16.9. The second-order valence-corrected chi connectivity index (χ2v) is 8.45. The molecule has 0 spiro atoms. The summed E-state index contributed by atoms with van der Waals surface area (Å²) in [4.78, 5) is 11.5. The van der Waals surface area contributed by atoms with Crippen LogP contribution in [-0.2, 0) is 4.79 Å². The molecule has 2 nitrogen and oxygen atoms in total. The van der Waals surface area contributed by atoms with E-state index in [4.69, 9.17) is 0 Å². The molecule has 0 saturated heterocycles. The van der Waals surface area contributed by atoms with Crippen LogP contribution in [0.15, 0.2) is 0 Å². The molecule has 0 aromatic carbocycles. The minimum atomic E-state index is -0.548. The van der Waals surface area contributed by atoms with Crippen molar-refractivity contribution in [3.05, 3.63) is 0 Å². The first-order valence-corrected chi connectivity index (χ1v) is 11.5. The predicted octanol–water partition coefficient (Wildman–Crippen LogP) is 7.75. The molecule has 0 aliphatic heterocycles. The van der Waals surface area contributed by atoms with Gasteiger partial charge in [-0.2, -0.15) is 0 Å². The van der Waals surface area contributed by atoms with Crippen molar-refractivity contribution in [2.45, 2.75) is 129 Å². The zero-order chi connectivity index (χ0) is 18.2. The van der Waals surface area contributed by atoms with E-state index in [9.17, 15) is 9.90 Å². The molecule has 1 aliphatic carbocycles. The Morgan fingerprint density at radius 1 is 0.800 bits per heavy atom. The van der Waals surface area contributed by atoms with Gasteiger partial charge in [0.15, 0.2) is 0 Å². The van der Waals surface area contributed by atoms with Crippen molar-refractivity contribution >= 4 is 5.97 Å². The summed E-state index contributed by atoms with van der Waals surface area (Å²) >= 11 is 0. The summed E-state index contributed by atoms with van der Waals surface area (Å²) in [7, 11) is 0. The van der Waals surface area contributed by atoms with Gasteiger partial charge in [-0.15, -0.1) is 0 Å². The van der Waals surface area contributed by atoms with Gasteiger partial charge in [0.1, 0.15) is 0 Å². The maximum Gasteiger partial charge on any atom is 0.306 e. The molecule has 2 heteroatoms. The summed E-state index contributed by atoms with van der Waals surface area (Å²) in [6.45, 7) is 2.27. The van der Waals surface area contributed by atoms with Crippen LogP contribution in [0.5, 0.6) is 0 Å². The number of carboxylic acids is 1. The van der Waals surface area contributed by atoms with Crippen LogP contribution in [0.25, 0.3) is 0 Å². The molecule has 1 N–H and O–H groups in total. The lowest BCUT2D eigenvalue weighted by Crippen LogP contribution is -2.19. The molecular formula is C23H44O2. The first-order chi connectivity index (χ1) is 12.2. The molecule has 25 heavy (non-hydrogen) atoms. The van der Waals surface area contributed by atoms with Gasteiger partial charge in [0.25, 0.3) is 0 Å². The maximum atomic E-state index is 11.5. The summed E-state index contributed by atoms with van der Waals surface area (Å²) in [6.07, 6.45) is 24.5. The van der Waals surface area contributed by atoms with Gasteiger partial charge < -0.3 is 5.11 Å². The minimum absolute atomic E-state index is 0.0776. The fourth-order valence-corrected chi connectivity index (χ4v) is 4.40. The Balaban J connectivity index is 1.93. The summed E-state index contributed by atoms with van der Waals surface area (Å²) in [5.41, 5.74) is 0. The van der Waals surface area contributed by atoms with Gasteiger partial charge in [0, 0.05) is 0 Å². The van der Waals surface area contributed by atoms with Gasteiger partial charge in [-0.3, -0.25) is 4.79 Å². The Kier molecular flexibility index (Phi) is 14.1. The smallest absolute Gasteiger partial charge is 0.306 e. The molecule has 0 heterocycles. The van der Waals surface area contributed by atoms with Crippen molar-refractivity contribution in [1.29, 1.82) is 0 Å². The van der Waals surface area contributed by atoms with E-state index in [1.807, 2.05) is 0 Å². The molecule has 1 fully saturated rings. The minimum Gasteiger partial charge on any atom is -0.481 e. The molecule has 1 aliphatic rings. The summed E-state index contributed by atoms with van der Waals surface area (Å²) in [6, 6.07) is 0. The van der Waals surface area contributed by atoms with Crippen molar-refractivity contribution < 1.29 is 9.90 Å². The number of rotatable bonds is 16. The Hall–Kier alpha value is -0.530. The number of hydrogen-bond donors (Lipinski definition) is 1. The lowest BCUT2D eigenvalue weighted by atomic mass is 9.81. The fourth-order valence-electron chi connectivity index (χ4n) is 4.40. The molecule has 0 radical (unpaired) electrons. The summed E-state index contributed by atoms with van der Waals surface area (Å²) < 4.78 is 0. The van der Waals surface area contributed by atoms with Gasteiger partial charge in [0.2, 0.25) is 0 Å². The number of hydrogen-bond acceptors (Lipinski definition) is 1. The largest absolute Gasteiger partial charge is 0.481 e. The zero-order valence-electron chi connectivity index (χ0n) is 16.9. The van der Waals surface area contributed by atoms with Gasteiger partial charge in [-0.1, -0.05) is 116 Å². The Bertz CT molecular complexity index is 307. The van der Waals surface area contributed by atoms with Crippen LogP contribution in [0, 0.1) is 11.8 Å². The van der Waals surface area contributed by atoms with E-state index in [0.717, 1.165) is 19.3 Å². The van der Waals surface area contributed by atoms with Gasteiger partial charge >= 0.3 is 5.97 Å². The predicted molar refractivity (Wildman–Crippen MR) is 108 cm³/mol. The molecular weight excluding hydrogens is 308 g/mol. The quantitative estimate of drug-likeness (QED) is 0.288. The molecule has 1 rings (SSSR count). The molecule has 0 aromatic rings. The Morgan fingerprint density at radius 2 is 1.28 bits per heavy atom. The van der Waals surface area contributed by atoms with E-state index in [1.165, 1.54) is 103 Å². The molecule has 1 atom stereocenters.